The van der Waals surface area contributed by atoms with Crippen LogP contribution >= 0.6 is 0 Å². The van der Waals surface area contributed by atoms with Crippen LogP contribution in [-0.2, 0) is 6.54 Å². The zero-order valence-electron chi connectivity index (χ0n) is 9.55. The number of likely N-dealkylation sites (tertiary alicyclic amines) is 1. The van der Waals surface area contributed by atoms with Crippen LogP contribution < -0.4 is 5.73 Å². The molecule has 0 aromatic carbocycles. The molecule has 1 aliphatic heterocycles. The van der Waals surface area contributed by atoms with Gasteiger partial charge < -0.3 is 10.8 Å². The van der Waals surface area contributed by atoms with Crippen molar-refractivity contribution in [2.24, 2.45) is 0 Å². The molecular formula is C11H20N4O. The molecule has 1 saturated heterocycles. The molecule has 0 aliphatic carbocycles. The Morgan fingerprint density at radius 3 is 3.06 bits per heavy atom. The number of aliphatic hydroxyl groups is 1. The van der Waals surface area contributed by atoms with Crippen LogP contribution in [0.1, 0.15) is 19.3 Å². The van der Waals surface area contributed by atoms with Crippen molar-refractivity contribution in [2.75, 3.05) is 25.4 Å². The molecule has 5 heteroatoms. The molecule has 1 aliphatic rings. The second kappa shape index (κ2) is 5.32. The van der Waals surface area contributed by atoms with Crippen LogP contribution in [0.5, 0.6) is 0 Å². The van der Waals surface area contributed by atoms with Crippen LogP contribution in [0, 0.1) is 0 Å². The third-order valence-corrected chi connectivity index (χ3v) is 3.20. The molecule has 0 saturated carbocycles. The number of nitrogens with two attached hydrogens (primary N) is 1. The molecule has 1 aromatic rings. The van der Waals surface area contributed by atoms with Gasteiger partial charge in [0.1, 0.15) is 5.82 Å². The minimum Gasteiger partial charge on any atom is -0.395 e. The van der Waals surface area contributed by atoms with Crippen LogP contribution in [0.4, 0.5) is 5.82 Å². The van der Waals surface area contributed by atoms with E-state index in [1.165, 1.54) is 6.42 Å². The van der Waals surface area contributed by atoms with E-state index in [1.54, 1.807) is 0 Å². The molecule has 0 spiro atoms. The molecule has 0 amide bonds. The van der Waals surface area contributed by atoms with Crippen molar-refractivity contribution in [1.29, 1.82) is 0 Å². The summed E-state index contributed by atoms with van der Waals surface area (Å²) < 4.78 is 1.87. The third kappa shape index (κ3) is 2.74. The van der Waals surface area contributed by atoms with Crippen LogP contribution in [-0.4, -0.2) is 45.5 Å². The molecule has 2 rings (SSSR count). The SMILES string of the molecule is Nc1ccn(CCCN2CCCC2CO)n1. The molecule has 5 nitrogen and oxygen atoms in total. The standard InChI is InChI=1S/C11H20N4O/c12-11-4-8-15(13-11)7-2-6-14-5-1-3-10(14)9-16/h4,8,10,16H,1-3,5-7,9H2,(H2,12,13). The molecule has 1 atom stereocenters. The van der Waals surface area contributed by atoms with Gasteiger partial charge in [-0.15, -0.1) is 0 Å². The van der Waals surface area contributed by atoms with Crippen molar-refractivity contribution in [3.63, 3.8) is 0 Å². The molecule has 1 fully saturated rings. The Hall–Kier alpha value is -1.07. The van der Waals surface area contributed by atoms with Gasteiger partial charge in [-0.25, -0.2) is 0 Å². The summed E-state index contributed by atoms with van der Waals surface area (Å²) in [6, 6.07) is 2.19. The number of rotatable bonds is 5. The highest BCUT2D eigenvalue weighted by Crippen LogP contribution is 2.16. The maximum Gasteiger partial charge on any atom is 0.145 e. The van der Waals surface area contributed by atoms with Gasteiger partial charge in [-0.05, 0) is 31.9 Å². The molecule has 0 radical (unpaired) electrons. The van der Waals surface area contributed by atoms with Crippen molar-refractivity contribution in [2.45, 2.75) is 31.8 Å². The minimum atomic E-state index is 0.286. The molecule has 2 heterocycles. The van der Waals surface area contributed by atoms with E-state index in [-0.39, 0.29) is 6.61 Å². The summed E-state index contributed by atoms with van der Waals surface area (Å²) >= 11 is 0. The maximum atomic E-state index is 9.18. The maximum absolute atomic E-state index is 9.18. The highest BCUT2D eigenvalue weighted by atomic mass is 16.3. The average molecular weight is 224 g/mol. The Balaban J connectivity index is 1.71. The van der Waals surface area contributed by atoms with Crippen molar-refractivity contribution >= 4 is 5.82 Å². The molecular weight excluding hydrogens is 204 g/mol. The fourth-order valence-corrected chi connectivity index (χ4v) is 2.33. The third-order valence-electron chi connectivity index (χ3n) is 3.20. The number of aliphatic hydroxyl groups excluding tert-OH is 1. The second-order valence-corrected chi connectivity index (χ2v) is 4.37. The van der Waals surface area contributed by atoms with Crippen LogP contribution in [0.15, 0.2) is 12.3 Å². The second-order valence-electron chi connectivity index (χ2n) is 4.37. The molecule has 3 N–H and O–H groups in total. The predicted octanol–water partition coefficient (Wildman–Crippen LogP) is 0.312. The van der Waals surface area contributed by atoms with Crippen LogP contribution in [0.25, 0.3) is 0 Å². The summed E-state index contributed by atoms with van der Waals surface area (Å²) in [6.45, 7) is 3.33. The average Bonchev–Trinajstić information content (AvgIpc) is 2.87. The highest BCUT2D eigenvalue weighted by Gasteiger charge is 2.22. The van der Waals surface area contributed by atoms with Crippen molar-refractivity contribution < 1.29 is 5.11 Å². The quantitative estimate of drug-likeness (QED) is 0.755. The van der Waals surface area contributed by atoms with Crippen molar-refractivity contribution in [3.8, 4) is 0 Å². The Morgan fingerprint density at radius 1 is 1.50 bits per heavy atom. The van der Waals surface area contributed by atoms with E-state index in [2.05, 4.69) is 10.00 Å². The summed E-state index contributed by atoms with van der Waals surface area (Å²) in [6.07, 6.45) is 5.30. The van der Waals surface area contributed by atoms with Crippen LogP contribution in [0.2, 0.25) is 0 Å². The Bertz CT molecular complexity index is 326. The van der Waals surface area contributed by atoms with Gasteiger partial charge in [0.25, 0.3) is 0 Å². The minimum absolute atomic E-state index is 0.286. The summed E-state index contributed by atoms with van der Waals surface area (Å²) in [4.78, 5) is 2.37. The largest absolute Gasteiger partial charge is 0.395 e. The molecule has 1 unspecified atom stereocenters. The fourth-order valence-electron chi connectivity index (χ4n) is 2.33. The van der Waals surface area contributed by atoms with E-state index in [1.807, 2.05) is 16.9 Å². The first-order valence-electron chi connectivity index (χ1n) is 5.93. The lowest BCUT2D eigenvalue weighted by molar-refractivity contribution is 0.156. The van der Waals surface area contributed by atoms with E-state index in [4.69, 9.17) is 5.73 Å². The first-order chi connectivity index (χ1) is 7.79. The lowest BCUT2D eigenvalue weighted by Gasteiger charge is -2.22. The predicted molar refractivity (Wildman–Crippen MR) is 62.9 cm³/mol. The lowest BCUT2D eigenvalue weighted by Crippen LogP contribution is -2.33. The van der Waals surface area contributed by atoms with Gasteiger partial charge in [-0.2, -0.15) is 5.10 Å². The number of anilines is 1. The molecule has 16 heavy (non-hydrogen) atoms. The van der Waals surface area contributed by atoms with Gasteiger partial charge in [0, 0.05) is 25.3 Å². The Labute approximate surface area is 95.8 Å². The monoisotopic (exact) mass is 224 g/mol. The number of aryl methyl sites for hydroxylation is 1. The fraction of sp³-hybridized carbons (Fsp3) is 0.727. The van der Waals surface area contributed by atoms with E-state index < -0.39 is 0 Å². The smallest absolute Gasteiger partial charge is 0.145 e. The highest BCUT2D eigenvalue weighted by molar-refractivity contribution is 5.23. The number of hydrogen-bond donors (Lipinski definition) is 2. The Kier molecular flexibility index (Phi) is 3.79. The summed E-state index contributed by atoms with van der Waals surface area (Å²) in [7, 11) is 0. The normalized spacial score (nSPS) is 21.7. The number of nitrogens with zero attached hydrogens (tertiary/aromatic N) is 3. The molecule has 0 bridgehead atoms. The first-order valence-corrected chi connectivity index (χ1v) is 5.93. The van der Waals surface area contributed by atoms with Crippen LogP contribution in [0.3, 0.4) is 0 Å². The zero-order valence-corrected chi connectivity index (χ0v) is 9.55. The zero-order chi connectivity index (χ0) is 11.4. The Morgan fingerprint density at radius 2 is 2.38 bits per heavy atom. The van der Waals surface area contributed by atoms with E-state index in [0.717, 1.165) is 32.5 Å². The summed E-state index contributed by atoms with van der Waals surface area (Å²) in [5.74, 6) is 0.578. The lowest BCUT2D eigenvalue weighted by atomic mass is 10.2. The number of nitrogen functional groups attached to an aromatic ring is 1. The van der Waals surface area contributed by atoms with Gasteiger partial charge >= 0.3 is 0 Å². The number of hydrogen-bond acceptors (Lipinski definition) is 4. The van der Waals surface area contributed by atoms with Gasteiger partial charge in [0.05, 0.1) is 6.61 Å². The molecule has 1 aromatic heterocycles. The number of aromatic nitrogens is 2. The first kappa shape index (κ1) is 11.4. The van der Waals surface area contributed by atoms with Gasteiger partial charge in [0.2, 0.25) is 0 Å². The van der Waals surface area contributed by atoms with Gasteiger partial charge in [-0.1, -0.05) is 0 Å². The van der Waals surface area contributed by atoms with Gasteiger partial charge in [-0.3, -0.25) is 9.58 Å². The van der Waals surface area contributed by atoms with Crippen molar-refractivity contribution in [3.05, 3.63) is 12.3 Å². The molecule has 90 valence electrons. The summed E-state index contributed by atoms with van der Waals surface area (Å²) in [5, 5.41) is 13.3. The topological polar surface area (TPSA) is 67.3 Å². The van der Waals surface area contributed by atoms with E-state index >= 15 is 0 Å². The summed E-state index contributed by atoms with van der Waals surface area (Å²) in [5.41, 5.74) is 5.54. The van der Waals surface area contributed by atoms with E-state index in [0.29, 0.717) is 11.9 Å². The van der Waals surface area contributed by atoms with Crippen molar-refractivity contribution in [1.82, 2.24) is 14.7 Å². The van der Waals surface area contributed by atoms with E-state index in [9.17, 15) is 5.11 Å². The van der Waals surface area contributed by atoms with Gasteiger partial charge in [0.15, 0.2) is 0 Å².